The monoisotopic (exact) mass is 244 g/mol. The summed E-state index contributed by atoms with van der Waals surface area (Å²) in [6.07, 6.45) is 1.72. The van der Waals surface area contributed by atoms with Crippen molar-refractivity contribution in [2.45, 2.75) is 12.3 Å². The number of hydrogen-bond donors (Lipinski definition) is 0. The Morgan fingerprint density at radius 2 is 1.65 bits per heavy atom. The predicted octanol–water partition coefficient (Wildman–Crippen LogP) is 3.87. The molecule has 0 aliphatic carbocycles. The fourth-order valence-corrected chi connectivity index (χ4v) is 1.95. The number of rotatable bonds is 4. The van der Waals surface area contributed by atoms with E-state index in [1.165, 1.54) is 5.56 Å². The molecule has 2 aromatic rings. The standard InChI is InChI=1S/C15H13ClO/c16-15-8-6-13(7-9-15)14(11-17)10-12-4-2-1-3-5-12/h1-9,11,14H,10H2. The molecule has 2 heteroatoms. The Hall–Kier alpha value is -1.60. The molecule has 1 nitrogen and oxygen atoms in total. The topological polar surface area (TPSA) is 17.1 Å². The van der Waals surface area contributed by atoms with Crippen LogP contribution in [0.15, 0.2) is 54.6 Å². The van der Waals surface area contributed by atoms with Crippen molar-refractivity contribution in [3.8, 4) is 0 Å². The highest BCUT2D eigenvalue weighted by atomic mass is 35.5. The number of carbonyl (C=O) groups excluding carboxylic acids is 1. The lowest BCUT2D eigenvalue weighted by Gasteiger charge is -2.10. The van der Waals surface area contributed by atoms with E-state index in [2.05, 4.69) is 0 Å². The van der Waals surface area contributed by atoms with Crippen LogP contribution in [0.4, 0.5) is 0 Å². The van der Waals surface area contributed by atoms with Crippen LogP contribution in [0.25, 0.3) is 0 Å². The van der Waals surface area contributed by atoms with Gasteiger partial charge in [-0.15, -0.1) is 0 Å². The molecule has 1 atom stereocenters. The first kappa shape index (κ1) is 11.9. The van der Waals surface area contributed by atoms with Gasteiger partial charge >= 0.3 is 0 Å². The summed E-state index contributed by atoms with van der Waals surface area (Å²) in [5.41, 5.74) is 2.17. The quantitative estimate of drug-likeness (QED) is 0.747. The van der Waals surface area contributed by atoms with Crippen molar-refractivity contribution in [3.63, 3.8) is 0 Å². The van der Waals surface area contributed by atoms with Gasteiger partial charge in [-0.2, -0.15) is 0 Å². The van der Waals surface area contributed by atoms with E-state index in [0.29, 0.717) is 5.02 Å². The van der Waals surface area contributed by atoms with Gasteiger partial charge in [0.2, 0.25) is 0 Å². The first-order chi connectivity index (χ1) is 8.29. The van der Waals surface area contributed by atoms with Gasteiger partial charge < -0.3 is 4.79 Å². The lowest BCUT2D eigenvalue weighted by Crippen LogP contribution is -2.04. The third-order valence-corrected chi connectivity index (χ3v) is 3.01. The maximum Gasteiger partial charge on any atom is 0.127 e. The van der Waals surface area contributed by atoms with Crippen LogP contribution in [0.1, 0.15) is 17.0 Å². The molecule has 0 N–H and O–H groups in total. The molecule has 0 saturated heterocycles. The fourth-order valence-electron chi connectivity index (χ4n) is 1.82. The lowest BCUT2D eigenvalue weighted by atomic mass is 9.93. The number of aldehydes is 1. The van der Waals surface area contributed by atoms with Crippen LogP contribution in [0.3, 0.4) is 0 Å². The Morgan fingerprint density at radius 3 is 2.24 bits per heavy atom. The highest BCUT2D eigenvalue weighted by Crippen LogP contribution is 2.20. The van der Waals surface area contributed by atoms with Gasteiger partial charge in [-0.05, 0) is 29.7 Å². The van der Waals surface area contributed by atoms with Crippen molar-refractivity contribution in [3.05, 3.63) is 70.7 Å². The van der Waals surface area contributed by atoms with Gasteiger partial charge in [0, 0.05) is 10.9 Å². The number of carbonyl (C=O) groups is 1. The average Bonchev–Trinajstić information content (AvgIpc) is 2.38. The normalized spacial score (nSPS) is 12.1. The van der Waals surface area contributed by atoms with Gasteiger partial charge in [-0.25, -0.2) is 0 Å². The van der Waals surface area contributed by atoms with E-state index in [1.54, 1.807) is 0 Å². The first-order valence-corrected chi connectivity index (χ1v) is 5.92. The molecule has 0 heterocycles. The van der Waals surface area contributed by atoms with Gasteiger partial charge in [0.25, 0.3) is 0 Å². The summed E-state index contributed by atoms with van der Waals surface area (Å²) in [7, 11) is 0. The second-order valence-electron chi connectivity index (χ2n) is 3.98. The summed E-state index contributed by atoms with van der Waals surface area (Å²) in [5.74, 6) is -0.102. The maximum atomic E-state index is 11.2. The molecule has 0 spiro atoms. The number of halogens is 1. The summed E-state index contributed by atoms with van der Waals surface area (Å²) in [6.45, 7) is 0. The number of benzene rings is 2. The zero-order chi connectivity index (χ0) is 12.1. The molecule has 2 aromatic carbocycles. The minimum Gasteiger partial charge on any atom is -0.303 e. The molecular formula is C15H13ClO. The van der Waals surface area contributed by atoms with Crippen molar-refractivity contribution in [2.75, 3.05) is 0 Å². The molecule has 0 amide bonds. The van der Waals surface area contributed by atoms with Gasteiger partial charge in [0.1, 0.15) is 6.29 Å². The first-order valence-electron chi connectivity index (χ1n) is 5.54. The Labute approximate surface area is 106 Å². The minimum atomic E-state index is -0.102. The Bertz CT molecular complexity index is 476. The second kappa shape index (κ2) is 5.65. The van der Waals surface area contributed by atoms with Gasteiger partial charge in [-0.1, -0.05) is 54.1 Å². The van der Waals surface area contributed by atoms with Crippen molar-refractivity contribution >= 4 is 17.9 Å². The van der Waals surface area contributed by atoms with E-state index in [-0.39, 0.29) is 5.92 Å². The molecule has 0 radical (unpaired) electrons. The van der Waals surface area contributed by atoms with Gasteiger partial charge in [0.15, 0.2) is 0 Å². The van der Waals surface area contributed by atoms with E-state index < -0.39 is 0 Å². The summed E-state index contributed by atoms with van der Waals surface area (Å²) in [6, 6.07) is 17.5. The molecule has 17 heavy (non-hydrogen) atoms. The minimum absolute atomic E-state index is 0.102. The average molecular weight is 245 g/mol. The molecule has 0 aromatic heterocycles. The fraction of sp³-hybridized carbons (Fsp3) is 0.133. The van der Waals surface area contributed by atoms with Gasteiger partial charge in [-0.3, -0.25) is 0 Å². The third kappa shape index (κ3) is 3.18. The molecular weight excluding hydrogens is 232 g/mol. The summed E-state index contributed by atoms with van der Waals surface area (Å²) >= 11 is 5.83. The van der Waals surface area contributed by atoms with E-state index in [9.17, 15) is 4.79 Å². The van der Waals surface area contributed by atoms with E-state index in [4.69, 9.17) is 11.6 Å². The third-order valence-electron chi connectivity index (χ3n) is 2.76. The molecule has 0 saturated carbocycles. The predicted molar refractivity (Wildman–Crippen MR) is 70.4 cm³/mol. The molecule has 0 aliphatic rings. The van der Waals surface area contributed by atoms with Gasteiger partial charge in [0.05, 0.1) is 0 Å². The molecule has 0 fully saturated rings. The summed E-state index contributed by atoms with van der Waals surface area (Å²) < 4.78 is 0. The van der Waals surface area contributed by atoms with E-state index in [1.807, 2.05) is 54.6 Å². The van der Waals surface area contributed by atoms with Crippen LogP contribution in [0.5, 0.6) is 0 Å². The van der Waals surface area contributed by atoms with Crippen molar-refractivity contribution in [2.24, 2.45) is 0 Å². The largest absolute Gasteiger partial charge is 0.303 e. The van der Waals surface area contributed by atoms with Crippen LogP contribution in [-0.2, 0) is 11.2 Å². The van der Waals surface area contributed by atoms with Crippen LogP contribution < -0.4 is 0 Å². The Kier molecular flexibility index (Phi) is 3.94. The maximum absolute atomic E-state index is 11.2. The molecule has 1 unspecified atom stereocenters. The van der Waals surface area contributed by atoms with Crippen LogP contribution in [-0.4, -0.2) is 6.29 Å². The smallest absolute Gasteiger partial charge is 0.127 e. The molecule has 0 bridgehead atoms. The highest BCUT2D eigenvalue weighted by molar-refractivity contribution is 6.30. The van der Waals surface area contributed by atoms with E-state index >= 15 is 0 Å². The molecule has 0 aliphatic heterocycles. The zero-order valence-corrected chi connectivity index (χ0v) is 10.1. The lowest BCUT2D eigenvalue weighted by molar-refractivity contribution is -0.109. The Balaban J connectivity index is 2.17. The zero-order valence-electron chi connectivity index (χ0n) is 9.34. The number of hydrogen-bond acceptors (Lipinski definition) is 1. The van der Waals surface area contributed by atoms with Crippen LogP contribution in [0, 0.1) is 0 Å². The Morgan fingerprint density at radius 1 is 1.00 bits per heavy atom. The van der Waals surface area contributed by atoms with Crippen LogP contribution >= 0.6 is 11.6 Å². The van der Waals surface area contributed by atoms with E-state index in [0.717, 1.165) is 18.3 Å². The summed E-state index contributed by atoms with van der Waals surface area (Å²) in [5, 5.41) is 0.693. The van der Waals surface area contributed by atoms with Crippen LogP contribution in [0.2, 0.25) is 5.02 Å². The molecule has 2 rings (SSSR count). The summed E-state index contributed by atoms with van der Waals surface area (Å²) in [4.78, 5) is 11.2. The SMILES string of the molecule is O=CC(Cc1ccccc1)c1ccc(Cl)cc1. The second-order valence-corrected chi connectivity index (χ2v) is 4.42. The highest BCUT2D eigenvalue weighted by Gasteiger charge is 2.10. The van der Waals surface area contributed by atoms with Crippen molar-refractivity contribution < 1.29 is 4.79 Å². The molecule has 86 valence electrons. The van der Waals surface area contributed by atoms with Crippen molar-refractivity contribution in [1.29, 1.82) is 0 Å². The van der Waals surface area contributed by atoms with Crippen molar-refractivity contribution in [1.82, 2.24) is 0 Å².